The van der Waals surface area contributed by atoms with Crippen molar-refractivity contribution in [2.24, 2.45) is 5.73 Å². The number of nitrogens with zero attached hydrogens (tertiary/aromatic N) is 3. The summed E-state index contributed by atoms with van der Waals surface area (Å²) < 4.78 is 0. The lowest BCUT2D eigenvalue weighted by molar-refractivity contribution is -0.133. The number of phenolic OH excluding ortho intramolecular Hbond substituents is 1. The Morgan fingerprint density at radius 3 is 0.877 bits per heavy atom. The lowest BCUT2D eigenvalue weighted by Gasteiger charge is -2.21. The number of Topliss-reactive ketones (excluding diaryl/α,β-unsaturated/α-hetero) is 5. The van der Waals surface area contributed by atoms with Gasteiger partial charge in [-0.25, -0.2) is 0 Å². The van der Waals surface area contributed by atoms with Crippen LogP contribution in [0.15, 0.2) is 183 Å². The number of fused-ring (bicyclic) bond motifs is 5. The van der Waals surface area contributed by atoms with Crippen LogP contribution in [0.2, 0.25) is 50.2 Å². The van der Waals surface area contributed by atoms with E-state index in [-0.39, 0.29) is 135 Å². The van der Waals surface area contributed by atoms with Gasteiger partial charge in [-0.15, -0.1) is 0 Å². The van der Waals surface area contributed by atoms with Gasteiger partial charge in [0, 0.05) is 112 Å². The molecule has 10 aromatic rings. The molecule has 0 saturated carbocycles. The molecule has 5 aliphatic heterocycles. The minimum absolute atomic E-state index is 0.0130. The summed E-state index contributed by atoms with van der Waals surface area (Å²) in [5, 5.41) is 77.4. The molecule has 5 atom stereocenters. The number of ketones is 5. The highest BCUT2D eigenvalue weighted by atomic mass is 35.5. The molecule has 7 aromatic carbocycles. The number of nitrogens with one attached hydrogen (secondary N) is 5. The van der Waals surface area contributed by atoms with Crippen LogP contribution in [0.3, 0.4) is 0 Å². The molecule has 582 valence electrons. The average Bonchev–Trinajstić information content (AvgIpc) is 1.62. The number of carbonyl (C=O) groups excluding carboxylic acids is 11. The number of anilines is 5. The minimum atomic E-state index is -2.13. The standard InChI is InChI=1S/C17H12Cl2N2O4.C16H11Cl2NO4.3C15H10Cl2N2O3/c18-10-5-6-11(19)14-13(10)17(25,16(24)21-14)7-12(22)8-1-3-9(4-2-8)15(20)23;17-10-5-6-11(18)14-13(10)16(23,15(22)19-14)7-12(21)8-1-3-9(20)4-2-8;16-9-1-2-10(17)13-12(9)15(22,14(21)19-13)7-11(20)8-3-5-18-6-4-8;16-9-3-4-10(17)13-12(9)15(22,14(21)19-13)6-11(20)8-2-1-5-18-7-8;16-8-4-5-9(17)13-12(8)15(22,14(21)19-13)7-11(20)10-3-1-2-6-18-10/h1-6,25H,7H2,(H2,20,23)(H,21,24);1-6,20,23H,7H2,(H,19,22);1-6,22H,7H2,(H,19,21);1-5,7,22H,6H2,(H,19,21);1-6,22H,7H2,(H,19,21)/t17-;16-;3*15-/m11000/s1. The number of hydrogen-bond acceptors (Lipinski definition) is 20. The van der Waals surface area contributed by atoms with E-state index in [1.165, 1.54) is 158 Å². The Bertz CT molecular complexity index is 5350. The summed E-state index contributed by atoms with van der Waals surface area (Å²) in [4.78, 5) is 145. The van der Waals surface area contributed by atoms with Gasteiger partial charge in [0.25, 0.3) is 29.5 Å². The molecule has 0 bridgehead atoms. The van der Waals surface area contributed by atoms with Gasteiger partial charge >= 0.3 is 0 Å². The first-order valence-corrected chi connectivity index (χ1v) is 36.8. The molecule has 0 radical (unpaired) electrons. The third-order valence-electron chi connectivity index (χ3n) is 18.4. The van der Waals surface area contributed by atoms with E-state index in [1.807, 2.05) is 0 Å². The average molecular weight is 1740 g/mol. The number of rotatable bonds is 16. The van der Waals surface area contributed by atoms with Crippen LogP contribution in [0.5, 0.6) is 5.75 Å². The third-order valence-corrected chi connectivity index (χ3v) is 21.5. The topological polar surface area (TPSA) is 434 Å². The number of amides is 6. The predicted molar refractivity (Wildman–Crippen MR) is 425 cm³/mol. The molecule has 26 nitrogen and oxygen atoms in total. The summed E-state index contributed by atoms with van der Waals surface area (Å²) in [5.74, 6) is -6.59. The second-order valence-electron chi connectivity index (χ2n) is 25.6. The molecule has 0 saturated heterocycles. The first-order valence-electron chi connectivity index (χ1n) is 33.0. The molecule has 36 heteroatoms. The maximum atomic E-state index is 12.5. The lowest BCUT2D eigenvalue weighted by atomic mass is 9.88. The number of primary amides is 1. The highest BCUT2D eigenvalue weighted by Crippen LogP contribution is 2.52. The van der Waals surface area contributed by atoms with Crippen molar-refractivity contribution in [3.8, 4) is 5.75 Å². The Morgan fingerprint density at radius 2 is 0.588 bits per heavy atom. The van der Waals surface area contributed by atoms with Crippen LogP contribution in [0.25, 0.3) is 0 Å². The molecule has 6 amide bonds. The van der Waals surface area contributed by atoms with Crippen LogP contribution in [-0.2, 0) is 52.0 Å². The first kappa shape index (κ1) is 84.6. The Balaban J connectivity index is 0.000000141. The number of pyridine rings is 3. The van der Waals surface area contributed by atoms with E-state index in [0.717, 1.165) is 0 Å². The second kappa shape index (κ2) is 34.0. The summed E-state index contributed by atoms with van der Waals surface area (Å²) in [5.41, 5.74) is -2.01. The molecule has 0 aliphatic carbocycles. The van der Waals surface area contributed by atoms with Crippen molar-refractivity contribution in [1.29, 1.82) is 0 Å². The van der Waals surface area contributed by atoms with Gasteiger partial charge in [0.15, 0.2) is 56.9 Å². The first-order chi connectivity index (χ1) is 53.9. The zero-order chi connectivity index (χ0) is 82.8. The zero-order valence-corrected chi connectivity index (χ0v) is 65.3. The van der Waals surface area contributed by atoms with Crippen LogP contribution in [0, 0.1) is 0 Å². The van der Waals surface area contributed by atoms with Crippen LogP contribution in [-0.4, -0.2) is 110 Å². The zero-order valence-electron chi connectivity index (χ0n) is 57.7. The highest BCUT2D eigenvalue weighted by Gasteiger charge is 2.54. The van der Waals surface area contributed by atoms with Crippen LogP contribution >= 0.6 is 116 Å². The molecule has 13 N–H and O–H groups in total. The molecule has 5 aliphatic rings. The Labute approximate surface area is 694 Å². The number of benzene rings is 7. The van der Waals surface area contributed by atoms with Crippen LogP contribution in [0.1, 0.15) is 122 Å². The molecule has 0 spiro atoms. The molecule has 0 unspecified atom stereocenters. The van der Waals surface area contributed by atoms with Crippen molar-refractivity contribution in [3.63, 3.8) is 0 Å². The predicted octanol–water partition coefficient (Wildman–Crippen LogP) is 14.0. The summed E-state index contributed by atoms with van der Waals surface area (Å²) >= 11 is 60.5. The van der Waals surface area contributed by atoms with Crippen molar-refractivity contribution in [2.75, 3.05) is 26.6 Å². The molecule has 8 heterocycles. The van der Waals surface area contributed by atoms with Crippen molar-refractivity contribution in [3.05, 3.63) is 294 Å². The Morgan fingerprint density at radius 1 is 0.307 bits per heavy atom. The van der Waals surface area contributed by atoms with Crippen molar-refractivity contribution >= 4 is 209 Å². The van der Waals surface area contributed by atoms with Crippen LogP contribution < -0.4 is 32.3 Å². The molecular weight excluding hydrogens is 1690 g/mol. The number of carbonyl (C=O) groups is 11. The fourth-order valence-electron chi connectivity index (χ4n) is 12.6. The fourth-order valence-corrected chi connectivity index (χ4v) is 15.2. The van der Waals surface area contributed by atoms with Gasteiger partial charge < -0.3 is 63.0 Å². The van der Waals surface area contributed by atoms with Gasteiger partial charge in [0.1, 0.15) is 11.4 Å². The highest BCUT2D eigenvalue weighted by molar-refractivity contribution is 6.42. The smallest absolute Gasteiger partial charge is 0.261 e. The van der Waals surface area contributed by atoms with Crippen molar-refractivity contribution < 1.29 is 83.4 Å². The minimum Gasteiger partial charge on any atom is -0.508 e. The van der Waals surface area contributed by atoms with Crippen molar-refractivity contribution in [2.45, 2.75) is 60.1 Å². The van der Waals surface area contributed by atoms with E-state index in [1.54, 1.807) is 24.3 Å². The van der Waals surface area contributed by atoms with E-state index in [9.17, 15) is 83.4 Å². The quantitative estimate of drug-likeness (QED) is 0.0400. The largest absolute Gasteiger partial charge is 0.508 e. The summed E-state index contributed by atoms with van der Waals surface area (Å²) in [6, 6.07) is 37.0. The van der Waals surface area contributed by atoms with Gasteiger partial charge in [-0.05, 0) is 133 Å². The third kappa shape index (κ3) is 16.8. The number of phenols is 1. The van der Waals surface area contributed by atoms with E-state index in [0.29, 0.717) is 11.1 Å². The Hall–Kier alpha value is -10.3. The number of aromatic nitrogens is 3. The molecule has 0 fully saturated rings. The van der Waals surface area contributed by atoms with E-state index in [2.05, 4.69) is 41.5 Å². The number of hydrogen-bond donors (Lipinski definition) is 12. The number of aromatic hydroxyl groups is 1. The normalized spacial score (nSPS) is 19.4. The van der Waals surface area contributed by atoms with E-state index in [4.69, 9.17) is 122 Å². The number of nitrogens with two attached hydrogens (primary N) is 1. The van der Waals surface area contributed by atoms with Gasteiger partial charge in [-0.1, -0.05) is 134 Å². The molecule has 15 rings (SSSR count). The molecule has 3 aromatic heterocycles. The van der Waals surface area contributed by atoms with Crippen LogP contribution in [0.4, 0.5) is 28.4 Å². The SMILES string of the molecule is NC(=O)c1ccc(C(=O)C[C@]2(O)C(=O)Nc3c(Cl)ccc(Cl)c32)cc1.O=C(C[C@@]1(O)C(=O)Nc2c(Cl)ccc(Cl)c21)c1ccccn1.O=C(C[C@@]1(O)C(=O)Nc2c(Cl)ccc(Cl)c21)c1cccnc1.O=C(C[C@@]1(O)C(=O)Nc2c(Cl)ccc(Cl)c21)c1ccncc1.O=C(C[C@]1(O)C(=O)Nc2c(Cl)ccc(Cl)c21)c1ccc(O)cc1. The Kier molecular flexibility index (Phi) is 25.2. The lowest BCUT2D eigenvalue weighted by Crippen LogP contribution is -2.36. The number of aliphatic hydroxyl groups is 5. The molecule has 114 heavy (non-hydrogen) atoms. The van der Waals surface area contributed by atoms with E-state index >= 15 is 0 Å². The summed E-state index contributed by atoms with van der Waals surface area (Å²) in [6.45, 7) is 0. The van der Waals surface area contributed by atoms with Gasteiger partial charge in [-0.2, -0.15) is 0 Å². The van der Waals surface area contributed by atoms with Crippen molar-refractivity contribution in [1.82, 2.24) is 15.0 Å². The fraction of sp³-hybridized carbons (Fsp3) is 0.128. The maximum absolute atomic E-state index is 12.5. The second-order valence-corrected chi connectivity index (χ2v) is 29.7. The monoisotopic (exact) mass is 1740 g/mol. The van der Waals surface area contributed by atoms with Gasteiger partial charge in [0.2, 0.25) is 5.91 Å². The van der Waals surface area contributed by atoms with E-state index < -0.39 is 124 Å². The van der Waals surface area contributed by atoms with Gasteiger partial charge in [-0.3, -0.25) is 67.7 Å². The number of halogens is 10. The summed E-state index contributed by atoms with van der Waals surface area (Å²) in [6.07, 6.45) is 4.92. The van der Waals surface area contributed by atoms with Gasteiger partial charge in [0.05, 0.1) is 85.7 Å². The maximum Gasteiger partial charge on any atom is 0.261 e. The summed E-state index contributed by atoms with van der Waals surface area (Å²) in [7, 11) is 0. The molecular formula is C78H53Cl10N9O17.